The van der Waals surface area contributed by atoms with E-state index in [2.05, 4.69) is 32.0 Å². The standard InChI is InChI=1S/C28H33NO4/c1-16(2)22-11-19-13-26(15-30)21-10-9-17(3)20(21)14-27(19,28(22,26)25(31)32)24-12-23(33-29-24)18-7-5-4-6-8-18/h4-8,11,15-17,19-21,23H,9-10,12-14H2,1-3H3,(H,31,32)/t17-,19?,20-,21-,23?,26?,27?,28+/m1/s1. The maximum Gasteiger partial charge on any atom is 0.315 e. The van der Waals surface area contributed by atoms with Crippen molar-refractivity contribution in [3.05, 3.63) is 47.5 Å². The zero-order valence-electron chi connectivity index (χ0n) is 19.7. The number of carboxylic acid groups (broad SMARTS) is 1. The van der Waals surface area contributed by atoms with Gasteiger partial charge in [0.25, 0.3) is 0 Å². The van der Waals surface area contributed by atoms with Gasteiger partial charge < -0.3 is 14.7 Å². The molecule has 1 heterocycles. The summed E-state index contributed by atoms with van der Waals surface area (Å²) < 4.78 is 0. The molecule has 0 saturated heterocycles. The molecule has 5 heteroatoms. The molecule has 4 aliphatic carbocycles. The van der Waals surface area contributed by atoms with Gasteiger partial charge in [0, 0.05) is 11.8 Å². The summed E-state index contributed by atoms with van der Waals surface area (Å²) >= 11 is 0. The number of hydrogen-bond donors (Lipinski definition) is 1. The van der Waals surface area contributed by atoms with Gasteiger partial charge in [0.15, 0.2) is 6.10 Å². The number of benzene rings is 1. The van der Waals surface area contributed by atoms with Crippen LogP contribution in [0, 0.1) is 45.8 Å². The SMILES string of the molecule is CC(C)C1=CC2CC3(C=O)[C@@H]4CC[C@@H](C)[C@H]4CC2(C2=NOC(c4ccccc4)C2)[C@]13C(=O)O. The molecule has 1 aromatic carbocycles. The van der Waals surface area contributed by atoms with Gasteiger partial charge in [-0.15, -0.1) is 0 Å². The monoisotopic (exact) mass is 447 g/mol. The Hall–Kier alpha value is -2.43. The summed E-state index contributed by atoms with van der Waals surface area (Å²) in [6.45, 7) is 6.44. The molecule has 4 bridgehead atoms. The molecule has 8 atom stereocenters. The Labute approximate surface area is 195 Å². The van der Waals surface area contributed by atoms with Crippen molar-refractivity contribution in [1.29, 1.82) is 0 Å². The smallest absolute Gasteiger partial charge is 0.315 e. The van der Waals surface area contributed by atoms with Gasteiger partial charge >= 0.3 is 5.97 Å². The average molecular weight is 448 g/mol. The molecule has 6 rings (SSSR count). The summed E-state index contributed by atoms with van der Waals surface area (Å²) in [5, 5.41) is 15.8. The van der Waals surface area contributed by atoms with Crippen LogP contribution in [0.5, 0.6) is 0 Å². The molecule has 1 N–H and O–H groups in total. The van der Waals surface area contributed by atoms with Crippen LogP contribution >= 0.6 is 0 Å². The second-order valence-corrected chi connectivity index (χ2v) is 11.5. The first-order chi connectivity index (χ1) is 15.8. The van der Waals surface area contributed by atoms with Gasteiger partial charge in [-0.05, 0) is 54.4 Å². The van der Waals surface area contributed by atoms with E-state index in [1.807, 2.05) is 30.3 Å². The van der Waals surface area contributed by atoms with E-state index >= 15 is 0 Å². The Bertz CT molecular complexity index is 1080. The van der Waals surface area contributed by atoms with Crippen molar-refractivity contribution in [2.24, 2.45) is 51.0 Å². The minimum atomic E-state index is -1.22. The maximum absolute atomic E-state index is 13.6. The van der Waals surface area contributed by atoms with Gasteiger partial charge in [0.05, 0.1) is 11.1 Å². The van der Waals surface area contributed by atoms with Crippen molar-refractivity contribution >= 4 is 18.0 Å². The number of hydrogen-bond acceptors (Lipinski definition) is 4. The van der Waals surface area contributed by atoms with Crippen molar-refractivity contribution in [2.45, 2.75) is 59.0 Å². The molecular weight excluding hydrogens is 414 g/mol. The predicted octanol–water partition coefficient (Wildman–Crippen LogP) is 5.43. The number of aliphatic carboxylic acids is 1. The summed E-state index contributed by atoms with van der Waals surface area (Å²) in [4.78, 5) is 32.7. The van der Waals surface area contributed by atoms with Gasteiger partial charge in [0.2, 0.25) is 0 Å². The number of carboxylic acids is 1. The van der Waals surface area contributed by atoms with E-state index < -0.39 is 22.2 Å². The topological polar surface area (TPSA) is 76.0 Å². The first kappa shape index (κ1) is 21.1. The lowest BCUT2D eigenvalue weighted by Gasteiger charge is -2.58. The second kappa shape index (κ2) is 6.80. The van der Waals surface area contributed by atoms with Gasteiger partial charge in [-0.1, -0.05) is 74.3 Å². The van der Waals surface area contributed by atoms with Gasteiger partial charge in [-0.25, -0.2) is 0 Å². The molecule has 0 radical (unpaired) electrons. The molecule has 1 aromatic rings. The lowest BCUT2D eigenvalue weighted by molar-refractivity contribution is -0.173. The normalized spacial score (nSPS) is 44.9. The largest absolute Gasteiger partial charge is 0.481 e. The number of fused-ring (bicyclic) bond motifs is 2. The molecule has 0 amide bonds. The van der Waals surface area contributed by atoms with Crippen LogP contribution in [-0.4, -0.2) is 23.1 Å². The summed E-state index contributed by atoms with van der Waals surface area (Å²) in [7, 11) is 0. The van der Waals surface area contributed by atoms with Crippen LogP contribution in [-0.2, 0) is 14.4 Å². The summed E-state index contributed by atoms with van der Waals surface area (Å²) in [6.07, 6.45) is 7.13. The van der Waals surface area contributed by atoms with Crippen molar-refractivity contribution in [3.8, 4) is 0 Å². The third kappa shape index (κ3) is 2.22. The summed E-state index contributed by atoms with van der Waals surface area (Å²) in [5.41, 5.74) is 0.115. The van der Waals surface area contributed by atoms with Crippen LogP contribution in [0.2, 0.25) is 0 Å². The molecule has 174 valence electrons. The zero-order valence-corrected chi connectivity index (χ0v) is 19.7. The quantitative estimate of drug-likeness (QED) is 0.482. The van der Waals surface area contributed by atoms with Crippen LogP contribution in [0.4, 0.5) is 0 Å². The van der Waals surface area contributed by atoms with E-state index in [1.165, 1.54) is 0 Å². The van der Waals surface area contributed by atoms with Crippen LogP contribution in [0.25, 0.3) is 0 Å². The van der Waals surface area contributed by atoms with Gasteiger partial charge in [-0.2, -0.15) is 0 Å². The fraction of sp³-hybridized carbons (Fsp3) is 0.607. The Morgan fingerprint density at radius 2 is 1.97 bits per heavy atom. The Morgan fingerprint density at radius 1 is 1.21 bits per heavy atom. The van der Waals surface area contributed by atoms with Crippen molar-refractivity contribution < 1.29 is 19.5 Å². The lowest BCUT2D eigenvalue weighted by atomic mass is 9.41. The summed E-state index contributed by atoms with van der Waals surface area (Å²) in [6, 6.07) is 10.1. The number of carbonyl (C=O) groups is 2. The number of aldehydes is 1. The molecule has 0 aromatic heterocycles. The van der Waals surface area contributed by atoms with Crippen LogP contribution in [0.15, 0.2) is 47.1 Å². The highest BCUT2D eigenvalue weighted by Gasteiger charge is 2.85. The van der Waals surface area contributed by atoms with Gasteiger partial charge in [-0.3, -0.25) is 4.79 Å². The van der Waals surface area contributed by atoms with E-state index in [9.17, 15) is 14.7 Å². The number of rotatable bonds is 5. The zero-order chi connectivity index (χ0) is 23.2. The molecule has 0 spiro atoms. The Kier molecular flexibility index (Phi) is 4.35. The minimum Gasteiger partial charge on any atom is -0.481 e. The molecule has 33 heavy (non-hydrogen) atoms. The highest BCUT2D eigenvalue weighted by molar-refractivity contribution is 6.03. The number of allylic oxidation sites excluding steroid dienone is 1. The van der Waals surface area contributed by atoms with Crippen molar-refractivity contribution in [3.63, 3.8) is 0 Å². The van der Waals surface area contributed by atoms with E-state index in [0.717, 1.165) is 42.4 Å². The van der Waals surface area contributed by atoms with Crippen molar-refractivity contribution in [1.82, 2.24) is 0 Å². The summed E-state index contributed by atoms with van der Waals surface area (Å²) in [5.74, 6) is 0.228. The fourth-order valence-corrected chi connectivity index (χ4v) is 9.21. The second-order valence-electron chi connectivity index (χ2n) is 11.5. The number of nitrogens with zero attached hydrogens (tertiary/aromatic N) is 1. The van der Waals surface area contributed by atoms with Crippen LogP contribution in [0.1, 0.15) is 64.5 Å². The first-order valence-corrected chi connectivity index (χ1v) is 12.5. The predicted molar refractivity (Wildman–Crippen MR) is 124 cm³/mol. The molecule has 1 aliphatic heterocycles. The average Bonchev–Trinajstić information content (AvgIpc) is 3.54. The Balaban J connectivity index is 1.55. The van der Waals surface area contributed by atoms with Crippen molar-refractivity contribution in [2.75, 3.05) is 0 Å². The molecule has 5 nitrogen and oxygen atoms in total. The van der Waals surface area contributed by atoms with Crippen LogP contribution < -0.4 is 0 Å². The highest BCUT2D eigenvalue weighted by Crippen LogP contribution is 2.83. The van der Waals surface area contributed by atoms with E-state index in [1.54, 1.807) is 0 Å². The molecular formula is C28H33NO4. The van der Waals surface area contributed by atoms with Crippen LogP contribution in [0.3, 0.4) is 0 Å². The first-order valence-electron chi connectivity index (χ1n) is 12.5. The van der Waals surface area contributed by atoms with Gasteiger partial charge in [0.1, 0.15) is 11.7 Å². The number of oxime groups is 1. The fourth-order valence-electron chi connectivity index (χ4n) is 9.21. The Morgan fingerprint density at radius 3 is 2.64 bits per heavy atom. The lowest BCUT2D eigenvalue weighted by Crippen LogP contribution is -2.64. The minimum absolute atomic E-state index is 0.0193. The third-order valence-corrected chi connectivity index (χ3v) is 10.3. The maximum atomic E-state index is 13.6. The molecule has 3 saturated carbocycles. The highest BCUT2D eigenvalue weighted by atomic mass is 16.6. The molecule has 5 aliphatic rings. The number of carbonyl (C=O) groups excluding carboxylic acids is 1. The molecule has 3 fully saturated rings. The molecule has 4 unspecified atom stereocenters. The van der Waals surface area contributed by atoms with E-state index in [-0.39, 0.29) is 23.9 Å². The third-order valence-electron chi connectivity index (χ3n) is 10.3. The van der Waals surface area contributed by atoms with E-state index in [0.29, 0.717) is 24.7 Å². The van der Waals surface area contributed by atoms with E-state index in [4.69, 9.17) is 4.84 Å².